The van der Waals surface area contributed by atoms with Crippen LogP contribution in [0.4, 0.5) is 0 Å². The molecule has 2 aromatic rings. The van der Waals surface area contributed by atoms with Gasteiger partial charge in [-0.25, -0.2) is 0 Å². The normalized spacial score (nSPS) is 17.4. The van der Waals surface area contributed by atoms with Gasteiger partial charge in [0.1, 0.15) is 0 Å². The minimum atomic E-state index is 0. The number of piperazine rings is 1. The number of carbonyl (C=O) groups is 1. The number of aryl methyl sites for hydroxylation is 2. The molecule has 5 heteroatoms. The van der Waals surface area contributed by atoms with E-state index in [2.05, 4.69) is 58.2 Å². The summed E-state index contributed by atoms with van der Waals surface area (Å²) in [6, 6.07) is 11.0. The monoisotopic (exact) mass is 364 g/mol. The summed E-state index contributed by atoms with van der Waals surface area (Å²) in [6.07, 6.45) is 2.49. The highest BCUT2D eigenvalue weighted by molar-refractivity contribution is 7.07. The zero-order valence-corrected chi connectivity index (χ0v) is 15.7. The number of carbonyl (C=O) groups excluding carboxylic acids is 1. The summed E-state index contributed by atoms with van der Waals surface area (Å²) in [6.45, 7) is 4.68. The average molecular weight is 365 g/mol. The molecule has 1 atom stereocenters. The van der Waals surface area contributed by atoms with Gasteiger partial charge in [0.15, 0.2) is 0 Å². The molecule has 1 aliphatic heterocycles. The summed E-state index contributed by atoms with van der Waals surface area (Å²) >= 11 is 1.69. The number of halogens is 1. The minimum absolute atomic E-state index is 0. The van der Waals surface area contributed by atoms with Crippen molar-refractivity contribution in [1.82, 2.24) is 10.2 Å². The van der Waals surface area contributed by atoms with Crippen LogP contribution in [-0.2, 0) is 17.6 Å². The van der Waals surface area contributed by atoms with Crippen molar-refractivity contribution in [3.05, 3.63) is 57.8 Å². The SMILES string of the molecule is CCc1ccc(C2CNCCN2C(=O)CCc2ccsc2)cc1.Cl. The number of hydrogen-bond acceptors (Lipinski definition) is 3. The molecule has 3 nitrogen and oxygen atoms in total. The first-order valence-electron chi connectivity index (χ1n) is 8.38. The fourth-order valence-electron chi connectivity index (χ4n) is 3.11. The topological polar surface area (TPSA) is 32.3 Å². The summed E-state index contributed by atoms with van der Waals surface area (Å²) in [5.41, 5.74) is 3.84. The van der Waals surface area contributed by atoms with Gasteiger partial charge in [0.25, 0.3) is 0 Å². The Labute approximate surface area is 154 Å². The van der Waals surface area contributed by atoms with Crippen LogP contribution in [0.3, 0.4) is 0 Å². The second kappa shape index (κ2) is 9.21. The number of nitrogens with one attached hydrogen (secondary N) is 1. The van der Waals surface area contributed by atoms with Crippen LogP contribution in [0.15, 0.2) is 41.1 Å². The molecule has 1 fully saturated rings. The fourth-order valence-corrected chi connectivity index (χ4v) is 3.81. The smallest absolute Gasteiger partial charge is 0.223 e. The lowest BCUT2D eigenvalue weighted by Gasteiger charge is -2.36. The molecule has 1 saturated heterocycles. The van der Waals surface area contributed by atoms with Gasteiger partial charge in [0, 0.05) is 26.1 Å². The molecule has 0 radical (unpaired) electrons. The number of hydrogen-bond donors (Lipinski definition) is 1. The van der Waals surface area contributed by atoms with E-state index >= 15 is 0 Å². The second-order valence-corrected chi connectivity index (χ2v) is 6.81. The van der Waals surface area contributed by atoms with Crippen molar-refractivity contribution in [3.63, 3.8) is 0 Å². The van der Waals surface area contributed by atoms with Crippen LogP contribution < -0.4 is 5.32 Å². The van der Waals surface area contributed by atoms with E-state index in [1.807, 2.05) is 0 Å². The number of thiophene rings is 1. The maximum atomic E-state index is 12.7. The van der Waals surface area contributed by atoms with Crippen LogP contribution in [-0.4, -0.2) is 30.4 Å². The van der Waals surface area contributed by atoms with Gasteiger partial charge in [0.05, 0.1) is 6.04 Å². The molecule has 1 N–H and O–H groups in total. The third kappa shape index (κ3) is 4.59. The Morgan fingerprint density at radius 2 is 2.04 bits per heavy atom. The predicted molar refractivity (Wildman–Crippen MR) is 103 cm³/mol. The molecule has 24 heavy (non-hydrogen) atoms. The van der Waals surface area contributed by atoms with E-state index in [4.69, 9.17) is 0 Å². The molecule has 0 saturated carbocycles. The van der Waals surface area contributed by atoms with E-state index < -0.39 is 0 Å². The molecular weight excluding hydrogens is 340 g/mol. The summed E-state index contributed by atoms with van der Waals surface area (Å²) in [7, 11) is 0. The highest BCUT2D eigenvalue weighted by Gasteiger charge is 2.27. The number of nitrogens with zero attached hydrogens (tertiary/aromatic N) is 1. The Bertz CT molecular complexity index is 627. The highest BCUT2D eigenvalue weighted by atomic mass is 35.5. The van der Waals surface area contributed by atoms with Gasteiger partial charge in [-0.3, -0.25) is 4.79 Å². The first kappa shape index (κ1) is 19.0. The summed E-state index contributed by atoms with van der Waals surface area (Å²) in [4.78, 5) is 14.8. The van der Waals surface area contributed by atoms with Crippen molar-refractivity contribution in [2.75, 3.05) is 19.6 Å². The summed E-state index contributed by atoms with van der Waals surface area (Å²) in [5.74, 6) is 0.266. The molecule has 1 aromatic carbocycles. The Kier molecular flexibility index (Phi) is 7.28. The van der Waals surface area contributed by atoms with Crippen molar-refractivity contribution in [2.24, 2.45) is 0 Å². The van der Waals surface area contributed by atoms with Crippen LogP contribution in [0, 0.1) is 0 Å². The van der Waals surface area contributed by atoms with Crippen molar-refractivity contribution >= 4 is 29.7 Å². The molecule has 0 aliphatic carbocycles. The molecule has 3 rings (SSSR count). The van der Waals surface area contributed by atoms with Crippen LogP contribution in [0.5, 0.6) is 0 Å². The van der Waals surface area contributed by atoms with E-state index in [1.54, 1.807) is 11.3 Å². The first-order chi connectivity index (χ1) is 11.3. The molecule has 1 aliphatic rings. The predicted octanol–water partition coefficient (Wildman–Crippen LogP) is 3.84. The fraction of sp³-hybridized carbons (Fsp3) is 0.421. The van der Waals surface area contributed by atoms with Crippen molar-refractivity contribution in [3.8, 4) is 0 Å². The number of rotatable bonds is 5. The molecule has 0 bridgehead atoms. The third-order valence-electron chi connectivity index (χ3n) is 4.54. The zero-order chi connectivity index (χ0) is 16.1. The Hall–Kier alpha value is -1.36. The first-order valence-corrected chi connectivity index (χ1v) is 9.32. The van der Waals surface area contributed by atoms with E-state index in [-0.39, 0.29) is 24.4 Å². The Morgan fingerprint density at radius 3 is 2.71 bits per heavy atom. The van der Waals surface area contributed by atoms with Gasteiger partial charge >= 0.3 is 0 Å². The third-order valence-corrected chi connectivity index (χ3v) is 5.28. The molecule has 1 amide bonds. The van der Waals surface area contributed by atoms with Crippen LogP contribution >= 0.6 is 23.7 Å². The van der Waals surface area contributed by atoms with E-state index in [9.17, 15) is 4.79 Å². The Morgan fingerprint density at radius 1 is 1.25 bits per heavy atom. The van der Waals surface area contributed by atoms with Gasteiger partial charge in [-0.15, -0.1) is 12.4 Å². The molecular formula is C19H25ClN2OS. The maximum Gasteiger partial charge on any atom is 0.223 e. The number of benzene rings is 1. The van der Waals surface area contributed by atoms with E-state index in [0.29, 0.717) is 6.42 Å². The molecule has 0 spiro atoms. The molecule has 1 unspecified atom stereocenters. The van der Waals surface area contributed by atoms with Crippen molar-refractivity contribution in [1.29, 1.82) is 0 Å². The number of amides is 1. The lowest BCUT2D eigenvalue weighted by atomic mass is 10.00. The van der Waals surface area contributed by atoms with Gasteiger partial charge < -0.3 is 10.2 Å². The average Bonchev–Trinajstić information content (AvgIpc) is 3.13. The molecule has 130 valence electrons. The largest absolute Gasteiger partial charge is 0.333 e. The van der Waals surface area contributed by atoms with Crippen LogP contribution in [0.2, 0.25) is 0 Å². The second-order valence-electron chi connectivity index (χ2n) is 6.03. The van der Waals surface area contributed by atoms with Crippen molar-refractivity contribution < 1.29 is 4.79 Å². The lowest BCUT2D eigenvalue weighted by Crippen LogP contribution is -2.48. The van der Waals surface area contributed by atoms with Gasteiger partial charge in [0.2, 0.25) is 5.91 Å². The summed E-state index contributed by atoms with van der Waals surface area (Å²) < 4.78 is 0. The zero-order valence-electron chi connectivity index (χ0n) is 14.0. The van der Waals surface area contributed by atoms with Crippen molar-refractivity contribution in [2.45, 2.75) is 32.2 Å². The Balaban J connectivity index is 0.00000208. The van der Waals surface area contributed by atoms with Crippen LogP contribution in [0.1, 0.15) is 36.1 Å². The lowest BCUT2D eigenvalue weighted by molar-refractivity contribution is -0.134. The minimum Gasteiger partial charge on any atom is -0.333 e. The highest BCUT2D eigenvalue weighted by Crippen LogP contribution is 2.24. The van der Waals surface area contributed by atoms with Gasteiger partial charge in [-0.2, -0.15) is 11.3 Å². The van der Waals surface area contributed by atoms with Gasteiger partial charge in [-0.1, -0.05) is 31.2 Å². The maximum absolute atomic E-state index is 12.7. The molecule has 1 aromatic heterocycles. The van der Waals surface area contributed by atoms with Crippen LogP contribution in [0.25, 0.3) is 0 Å². The molecule has 2 heterocycles. The van der Waals surface area contributed by atoms with E-state index in [1.165, 1.54) is 16.7 Å². The summed E-state index contributed by atoms with van der Waals surface area (Å²) in [5, 5.41) is 7.63. The quantitative estimate of drug-likeness (QED) is 0.874. The standard InChI is InChI=1S/C19H24N2OS.ClH/c1-2-15-3-6-17(7-4-15)18-13-20-10-11-21(18)19(22)8-5-16-9-12-23-14-16;/h3-4,6-7,9,12,14,18,20H,2,5,8,10-11,13H2,1H3;1H. The van der Waals surface area contributed by atoms with E-state index in [0.717, 1.165) is 32.5 Å². The van der Waals surface area contributed by atoms with Gasteiger partial charge in [-0.05, 0) is 46.4 Å².